The first-order valence-electron chi connectivity index (χ1n) is 8.11. The molecule has 0 aliphatic carbocycles. The van der Waals surface area contributed by atoms with E-state index in [-0.39, 0.29) is 0 Å². The van der Waals surface area contributed by atoms with E-state index in [0.29, 0.717) is 12.1 Å². The molecule has 0 unspecified atom stereocenters. The SMILES string of the molecule is COC[C@@H](C)N1CCC[C@@H]1Cc1c[nH]c2ccc(SC)cc12. The Hall–Kier alpha value is -0.970. The lowest BCUT2D eigenvalue weighted by Gasteiger charge is -2.30. The number of H-pyrrole nitrogens is 1. The fourth-order valence-corrected chi connectivity index (χ4v) is 4.14. The highest BCUT2D eigenvalue weighted by Crippen LogP contribution is 2.29. The number of aromatic amines is 1. The van der Waals surface area contributed by atoms with E-state index in [1.807, 2.05) is 11.8 Å². The molecule has 1 fully saturated rings. The minimum absolute atomic E-state index is 0.504. The van der Waals surface area contributed by atoms with Crippen LogP contribution in [0.3, 0.4) is 0 Å². The Morgan fingerprint density at radius 1 is 1.45 bits per heavy atom. The highest BCUT2D eigenvalue weighted by molar-refractivity contribution is 7.98. The van der Waals surface area contributed by atoms with Crippen LogP contribution in [0, 0.1) is 0 Å². The highest BCUT2D eigenvalue weighted by Gasteiger charge is 2.29. The number of fused-ring (bicyclic) bond motifs is 1. The van der Waals surface area contributed by atoms with E-state index in [9.17, 15) is 0 Å². The molecular weight excluding hydrogens is 292 g/mol. The molecular formula is C18H26N2OS. The average Bonchev–Trinajstić information content (AvgIpc) is 3.15. The van der Waals surface area contributed by atoms with Crippen molar-refractivity contribution in [3.8, 4) is 0 Å². The van der Waals surface area contributed by atoms with Crippen LogP contribution in [-0.4, -0.2) is 48.5 Å². The van der Waals surface area contributed by atoms with Crippen molar-refractivity contribution in [2.45, 2.75) is 43.2 Å². The van der Waals surface area contributed by atoms with E-state index in [0.717, 1.165) is 13.0 Å². The van der Waals surface area contributed by atoms with Gasteiger partial charge in [-0.05, 0) is 62.7 Å². The van der Waals surface area contributed by atoms with Crippen LogP contribution in [0.4, 0.5) is 0 Å². The molecule has 2 heterocycles. The summed E-state index contributed by atoms with van der Waals surface area (Å²) in [5.41, 5.74) is 2.70. The van der Waals surface area contributed by atoms with Crippen LogP contribution >= 0.6 is 11.8 Å². The van der Waals surface area contributed by atoms with Crippen molar-refractivity contribution in [1.29, 1.82) is 0 Å². The van der Waals surface area contributed by atoms with Crippen LogP contribution < -0.4 is 0 Å². The number of methoxy groups -OCH3 is 1. The van der Waals surface area contributed by atoms with Crippen molar-refractivity contribution >= 4 is 22.7 Å². The molecule has 0 radical (unpaired) electrons. The topological polar surface area (TPSA) is 28.3 Å². The number of hydrogen-bond acceptors (Lipinski definition) is 3. The summed E-state index contributed by atoms with van der Waals surface area (Å²) in [4.78, 5) is 7.39. The van der Waals surface area contributed by atoms with Crippen LogP contribution in [0.1, 0.15) is 25.3 Å². The first kappa shape index (κ1) is 15.9. The molecule has 1 aromatic carbocycles. The largest absolute Gasteiger partial charge is 0.383 e. The summed E-state index contributed by atoms with van der Waals surface area (Å²) < 4.78 is 5.35. The number of nitrogens with zero attached hydrogens (tertiary/aromatic N) is 1. The van der Waals surface area contributed by atoms with Crippen LogP contribution in [0.15, 0.2) is 29.3 Å². The molecule has 1 aliphatic rings. The van der Waals surface area contributed by atoms with Crippen molar-refractivity contribution in [3.63, 3.8) is 0 Å². The van der Waals surface area contributed by atoms with Gasteiger partial charge in [-0.15, -0.1) is 11.8 Å². The Balaban J connectivity index is 1.80. The smallest absolute Gasteiger partial charge is 0.0615 e. The number of aromatic nitrogens is 1. The lowest BCUT2D eigenvalue weighted by Crippen LogP contribution is -2.40. The van der Waals surface area contributed by atoms with Crippen molar-refractivity contribution < 1.29 is 4.74 Å². The fourth-order valence-electron chi connectivity index (χ4n) is 3.70. The number of rotatable bonds is 6. The number of nitrogens with one attached hydrogen (secondary N) is 1. The Labute approximate surface area is 137 Å². The van der Waals surface area contributed by atoms with Gasteiger partial charge in [0.05, 0.1) is 6.61 Å². The number of hydrogen-bond donors (Lipinski definition) is 1. The zero-order valence-electron chi connectivity index (χ0n) is 13.8. The van der Waals surface area contributed by atoms with Gasteiger partial charge in [0.2, 0.25) is 0 Å². The van der Waals surface area contributed by atoms with Gasteiger partial charge in [-0.2, -0.15) is 0 Å². The second-order valence-corrected chi connectivity index (χ2v) is 7.15. The number of likely N-dealkylation sites (tertiary alicyclic amines) is 1. The average molecular weight is 318 g/mol. The van der Waals surface area contributed by atoms with Gasteiger partial charge in [-0.1, -0.05) is 0 Å². The maximum absolute atomic E-state index is 5.35. The highest BCUT2D eigenvalue weighted by atomic mass is 32.2. The maximum Gasteiger partial charge on any atom is 0.0615 e. The van der Waals surface area contributed by atoms with Crippen LogP contribution in [0.25, 0.3) is 10.9 Å². The summed E-state index contributed by atoms with van der Waals surface area (Å²) >= 11 is 1.81. The van der Waals surface area contributed by atoms with E-state index >= 15 is 0 Å². The minimum Gasteiger partial charge on any atom is -0.383 e. The Morgan fingerprint density at radius 2 is 2.32 bits per heavy atom. The molecule has 3 rings (SSSR count). The van der Waals surface area contributed by atoms with Gasteiger partial charge in [-0.3, -0.25) is 4.90 Å². The quantitative estimate of drug-likeness (QED) is 0.818. The molecule has 0 saturated carbocycles. The molecule has 1 N–H and O–H groups in total. The molecule has 1 saturated heterocycles. The third-order valence-corrected chi connectivity index (χ3v) is 5.55. The van der Waals surface area contributed by atoms with Gasteiger partial charge in [-0.25, -0.2) is 0 Å². The Kier molecular flexibility index (Phi) is 5.11. The van der Waals surface area contributed by atoms with Gasteiger partial charge in [0.1, 0.15) is 0 Å². The molecule has 120 valence electrons. The third kappa shape index (κ3) is 3.19. The van der Waals surface area contributed by atoms with E-state index < -0.39 is 0 Å². The minimum atomic E-state index is 0.504. The third-order valence-electron chi connectivity index (χ3n) is 4.83. The van der Waals surface area contributed by atoms with E-state index in [4.69, 9.17) is 4.74 Å². The van der Waals surface area contributed by atoms with E-state index in [1.165, 1.54) is 40.7 Å². The summed E-state index contributed by atoms with van der Waals surface area (Å²) in [6.45, 7) is 4.30. The number of benzene rings is 1. The van der Waals surface area contributed by atoms with Crippen molar-refractivity contribution in [2.24, 2.45) is 0 Å². The molecule has 1 aromatic heterocycles. The summed E-state index contributed by atoms with van der Waals surface area (Å²) in [6.07, 6.45) is 8.07. The molecule has 0 spiro atoms. The molecule has 4 heteroatoms. The fraction of sp³-hybridized carbons (Fsp3) is 0.556. The summed E-state index contributed by atoms with van der Waals surface area (Å²) in [5.74, 6) is 0. The van der Waals surface area contributed by atoms with E-state index in [2.05, 4.69) is 47.5 Å². The van der Waals surface area contributed by atoms with Gasteiger partial charge in [0.15, 0.2) is 0 Å². The molecule has 2 aromatic rings. The maximum atomic E-state index is 5.35. The zero-order chi connectivity index (χ0) is 15.5. The molecule has 2 atom stereocenters. The van der Waals surface area contributed by atoms with Crippen LogP contribution in [0.2, 0.25) is 0 Å². The van der Waals surface area contributed by atoms with Crippen molar-refractivity contribution in [1.82, 2.24) is 9.88 Å². The van der Waals surface area contributed by atoms with Crippen molar-refractivity contribution in [3.05, 3.63) is 30.0 Å². The van der Waals surface area contributed by atoms with Crippen molar-refractivity contribution in [2.75, 3.05) is 26.5 Å². The lowest BCUT2D eigenvalue weighted by atomic mass is 10.0. The second-order valence-electron chi connectivity index (χ2n) is 6.27. The lowest BCUT2D eigenvalue weighted by molar-refractivity contribution is 0.0913. The first-order valence-corrected chi connectivity index (χ1v) is 9.34. The molecule has 3 nitrogen and oxygen atoms in total. The summed E-state index contributed by atoms with van der Waals surface area (Å²) in [5, 5.41) is 1.39. The monoisotopic (exact) mass is 318 g/mol. The van der Waals surface area contributed by atoms with Crippen LogP contribution in [0.5, 0.6) is 0 Å². The Morgan fingerprint density at radius 3 is 3.09 bits per heavy atom. The summed E-state index contributed by atoms with van der Waals surface area (Å²) in [7, 11) is 1.80. The predicted octanol–water partition coefficient (Wildman–Crippen LogP) is 3.93. The zero-order valence-corrected chi connectivity index (χ0v) is 14.6. The Bertz CT molecular complexity index is 625. The molecule has 1 aliphatic heterocycles. The standard InChI is InChI=1S/C18H26N2OS/c1-13(12-21-2)20-8-4-5-15(20)9-14-11-19-18-7-6-16(22-3)10-17(14)18/h6-7,10-11,13,15,19H,4-5,8-9,12H2,1-3H3/t13-,15-/m1/s1. The van der Waals surface area contributed by atoms with E-state index in [1.54, 1.807) is 7.11 Å². The van der Waals surface area contributed by atoms with Gasteiger partial charge in [0.25, 0.3) is 0 Å². The van der Waals surface area contributed by atoms with Crippen LogP contribution in [-0.2, 0) is 11.2 Å². The normalized spacial score (nSPS) is 20.8. The predicted molar refractivity (Wildman–Crippen MR) is 94.8 cm³/mol. The molecule has 22 heavy (non-hydrogen) atoms. The van der Waals surface area contributed by atoms with Gasteiger partial charge >= 0.3 is 0 Å². The number of ether oxygens (including phenoxy) is 1. The van der Waals surface area contributed by atoms with Gasteiger partial charge in [0, 0.05) is 41.2 Å². The first-order chi connectivity index (χ1) is 10.7. The number of thioether (sulfide) groups is 1. The molecule has 0 amide bonds. The second kappa shape index (κ2) is 7.07. The molecule has 0 bridgehead atoms. The van der Waals surface area contributed by atoms with Gasteiger partial charge < -0.3 is 9.72 Å². The summed E-state index contributed by atoms with van der Waals surface area (Å²) in [6, 6.07) is 7.86.